The fourth-order valence-electron chi connectivity index (χ4n) is 3.06. The third-order valence-corrected chi connectivity index (χ3v) is 4.75. The first-order valence-corrected chi connectivity index (χ1v) is 9.55. The molecule has 3 rings (SSSR count). The van der Waals surface area contributed by atoms with Crippen molar-refractivity contribution < 1.29 is 32.7 Å². The van der Waals surface area contributed by atoms with E-state index in [0.29, 0.717) is 22.8 Å². The average molecular weight is 441 g/mol. The van der Waals surface area contributed by atoms with Crippen LogP contribution in [0.3, 0.4) is 0 Å². The molecule has 1 amide bonds. The van der Waals surface area contributed by atoms with E-state index in [1.54, 1.807) is 54.6 Å². The molecule has 32 heavy (non-hydrogen) atoms. The van der Waals surface area contributed by atoms with Gasteiger partial charge in [0.2, 0.25) is 0 Å². The van der Waals surface area contributed by atoms with Gasteiger partial charge in [0, 0.05) is 23.1 Å². The number of aliphatic carboxylic acids is 1. The molecule has 3 aromatic rings. The van der Waals surface area contributed by atoms with Gasteiger partial charge in [0.1, 0.15) is 6.04 Å². The molecule has 0 heterocycles. The van der Waals surface area contributed by atoms with Crippen molar-refractivity contribution in [2.45, 2.75) is 18.6 Å². The molecule has 0 saturated heterocycles. The van der Waals surface area contributed by atoms with Crippen molar-refractivity contribution in [3.05, 3.63) is 107 Å². The number of carbonyl (C=O) groups is 3. The number of halogens is 3. The number of carboxylic acids is 1. The Hall–Kier alpha value is -3.94. The highest BCUT2D eigenvalue weighted by molar-refractivity contribution is 6.08. The van der Waals surface area contributed by atoms with Gasteiger partial charge in [-0.05, 0) is 23.8 Å². The molecule has 0 radical (unpaired) electrons. The van der Waals surface area contributed by atoms with E-state index >= 15 is 0 Å². The summed E-state index contributed by atoms with van der Waals surface area (Å²) >= 11 is 0. The molecule has 0 spiro atoms. The first-order valence-electron chi connectivity index (χ1n) is 9.55. The highest BCUT2D eigenvalue weighted by Crippen LogP contribution is 2.29. The van der Waals surface area contributed by atoms with Gasteiger partial charge in [0.25, 0.3) is 5.91 Å². The minimum atomic E-state index is -4.62. The zero-order valence-electron chi connectivity index (χ0n) is 16.6. The van der Waals surface area contributed by atoms with Gasteiger partial charge in [-0.15, -0.1) is 0 Å². The number of benzene rings is 3. The van der Waals surface area contributed by atoms with E-state index in [4.69, 9.17) is 0 Å². The second kappa shape index (κ2) is 9.47. The Kier molecular flexibility index (Phi) is 6.73. The van der Waals surface area contributed by atoms with Crippen molar-refractivity contribution in [1.29, 1.82) is 0 Å². The molecule has 3 aromatic carbocycles. The topological polar surface area (TPSA) is 83.5 Å². The van der Waals surface area contributed by atoms with E-state index < -0.39 is 29.7 Å². The number of amides is 1. The molecular formula is C24H18F3NO4. The molecule has 0 fully saturated rings. The summed E-state index contributed by atoms with van der Waals surface area (Å²) in [5.74, 6) is -2.46. The van der Waals surface area contributed by atoms with Gasteiger partial charge >= 0.3 is 12.1 Å². The van der Waals surface area contributed by atoms with E-state index in [2.05, 4.69) is 5.32 Å². The minimum Gasteiger partial charge on any atom is -0.480 e. The summed E-state index contributed by atoms with van der Waals surface area (Å²) in [6.45, 7) is 0. The van der Waals surface area contributed by atoms with Crippen molar-refractivity contribution in [1.82, 2.24) is 5.32 Å². The third-order valence-electron chi connectivity index (χ3n) is 4.75. The van der Waals surface area contributed by atoms with Gasteiger partial charge < -0.3 is 10.4 Å². The standard InChI is InChI=1S/C24H18F3NO4/c25-24(26,27)19-8-4-7-18(14-19)22(30)28-20(23(31)32)13-15-9-11-17(12-10-15)21(29)16-5-2-1-3-6-16/h1-12,14,20H,13H2,(H,28,30)(H,31,32)/t20-/m0/s1. The zero-order valence-corrected chi connectivity index (χ0v) is 16.6. The number of rotatable bonds is 7. The summed E-state index contributed by atoms with van der Waals surface area (Å²) in [4.78, 5) is 36.4. The van der Waals surface area contributed by atoms with Crippen LogP contribution < -0.4 is 5.32 Å². The number of carboxylic acid groups (broad SMARTS) is 1. The molecule has 0 unspecified atom stereocenters. The Morgan fingerprint density at radius 3 is 2.00 bits per heavy atom. The Labute approximate surface area is 181 Å². The molecular weight excluding hydrogens is 423 g/mol. The van der Waals surface area contributed by atoms with Crippen LogP contribution in [0.1, 0.15) is 37.4 Å². The number of alkyl halides is 3. The maximum absolute atomic E-state index is 12.9. The SMILES string of the molecule is O=C(N[C@@H](Cc1ccc(C(=O)c2ccccc2)cc1)C(=O)O)c1cccc(C(F)(F)F)c1. The summed E-state index contributed by atoms with van der Waals surface area (Å²) in [7, 11) is 0. The van der Waals surface area contributed by atoms with Crippen LogP contribution in [0.15, 0.2) is 78.9 Å². The molecule has 0 saturated carbocycles. The van der Waals surface area contributed by atoms with E-state index in [1.165, 1.54) is 6.07 Å². The molecule has 0 aliphatic carbocycles. The quantitative estimate of drug-likeness (QED) is 0.534. The van der Waals surface area contributed by atoms with Gasteiger partial charge in [-0.25, -0.2) is 4.79 Å². The molecule has 0 aromatic heterocycles. The minimum absolute atomic E-state index is 0.111. The number of carbonyl (C=O) groups excluding carboxylic acids is 2. The average Bonchev–Trinajstić information content (AvgIpc) is 2.78. The fraction of sp³-hybridized carbons (Fsp3) is 0.125. The van der Waals surface area contributed by atoms with E-state index in [9.17, 15) is 32.7 Å². The lowest BCUT2D eigenvalue weighted by molar-refractivity contribution is -0.139. The van der Waals surface area contributed by atoms with Crippen molar-refractivity contribution >= 4 is 17.7 Å². The summed E-state index contributed by atoms with van der Waals surface area (Å²) < 4.78 is 38.6. The largest absolute Gasteiger partial charge is 0.480 e. The molecule has 1 atom stereocenters. The molecule has 0 bridgehead atoms. The van der Waals surface area contributed by atoms with E-state index in [0.717, 1.165) is 12.1 Å². The lowest BCUT2D eigenvalue weighted by Gasteiger charge is -2.16. The van der Waals surface area contributed by atoms with Crippen molar-refractivity contribution in [3.8, 4) is 0 Å². The Morgan fingerprint density at radius 1 is 0.812 bits per heavy atom. The number of nitrogens with one attached hydrogen (secondary N) is 1. The lowest BCUT2D eigenvalue weighted by atomic mass is 9.99. The molecule has 2 N–H and O–H groups in total. The number of hydrogen-bond donors (Lipinski definition) is 2. The van der Waals surface area contributed by atoms with Gasteiger partial charge in [-0.1, -0.05) is 60.7 Å². The number of ketones is 1. The maximum atomic E-state index is 12.9. The van der Waals surface area contributed by atoms with Crippen LogP contribution in [-0.4, -0.2) is 28.8 Å². The second-order valence-corrected chi connectivity index (χ2v) is 7.04. The van der Waals surface area contributed by atoms with Gasteiger partial charge in [0.05, 0.1) is 5.56 Å². The predicted molar refractivity (Wildman–Crippen MR) is 110 cm³/mol. The summed E-state index contributed by atoms with van der Waals surface area (Å²) in [6.07, 6.45) is -4.73. The summed E-state index contributed by atoms with van der Waals surface area (Å²) in [6, 6.07) is 17.3. The zero-order chi connectivity index (χ0) is 23.3. The maximum Gasteiger partial charge on any atom is 0.416 e. The van der Waals surface area contributed by atoms with Gasteiger partial charge in [-0.3, -0.25) is 9.59 Å². The lowest BCUT2D eigenvalue weighted by Crippen LogP contribution is -2.42. The van der Waals surface area contributed by atoms with Gasteiger partial charge in [-0.2, -0.15) is 13.2 Å². The second-order valence-electron chi connectivity index (χ2n) is 7.04. The molecule has 0 aliphatic rings. The van der Waals surface area contributed by atoms with Crippen molar-refractivity contribution in [3.63, 3.8) is 0 Å². The Bertz CT molecular complexity index is 1130. The highest BCUT2D eigenvalue weighted by Gasteiger charge is 2.31. The summed E-state index contributed by atoms with van der Waals surface area (Å²) in [5, 5.41) is 11.7. The van der Waals surface area contributed by atoms with Gasteiger partial charge in [0.15, 0.2) is 5.78 Å². The molecule has 0 aliphatic heterocycles. The third kappa shape index (κ3) is 5.60. The summed E-state index contributed by atoms with van der Waals surface area (Å²) in [5.41, 5.74) is 0.161. The van der Waals surface area contributed by atoms with Crippen molar-refractivity contribution in [2.24, 2.45) is 0 Å². The normalized spacial score (nSPS) is 12.1. The highest BCUT2D eigenvalue weighted by atomic mass is 19.4. The number of hydrogen-bond acceptors (Lipinski definition) is 3. The van der Waals surface area contributed by atoms with Crippen LogP contribution in [-0.2, 0) is 17.4 Å². The first kappa shape index (κ1) is 22.7. The van der Waals surface area contributed by atoms with Crippen LogP contribution in [0.5, 0.6) is 0 Å². The molecule has 164 valence electrons. The van der Waals surface area contributed by atoms with Crippen LogP contribution >= 0.6 is 0 Å². The van der Waals surface area contributed by atoms with Crippen LogP contribution in [0.25, 0.3) is 0 Å². The smallest absolute Gasteiger partial charge is 0.416 e. The van der Waals surface area contributed by atoms with Crippen LogP contribution in [0.2, 0.25) is 0 Å². The molecule has 8 heteroatoms. The Morgan fingerprint density at radius 2 is 1.41 bits per heavy atom. The van der Waals surface area contributed by atoms with E-state index in [1.807, 2.05) is 0 Å². The van der Waals surface area contributed by atoms with Crippen LogP contribution in [0, 0.1) is 0 Å². The van der Waals surface area contributed by atoms with E-state index in [-0.39, 0.29) is 17.8 Å². The first-order chi connectivity index (χ1) is 15.1. The van der Waals surface area contributed by atoms with Crippen LogP contribution in [0.4, 0.5) is 13.2 Å². The Balaban J connectivity index is 1.71. The fourth-order valence-corrected chi connectivity index (χ4v) is 3.06. The van der Waals surface area contributed by atoms with Crippen molar-refractivity contribution in [2.75, 3.05) is 0 Å². The monoisotopic (exact) mass is 441 g/mol. The predicted octanol–water partition coefficient (Wildman–Crippen LogP) is 4.36. The molecule has 5 nitrogen and oxygen atoms in total.